The van der Waals surface area contributed by atoms with E-state index < -0.39 is 52.0 Å². The number of nitro groups is 1. The van der Waals surface area contributed by atoms with Crippen LogP contribution in [0.15, 0.2) is 36.9 Å². The van der Waals surface area contributed by atoms with Crippen molar-refractivity contribution in [3.63, 3.8) is 0 Å². The van der Waals surface area contributed by atoms with Crippen LogP contribution < -0.4 is 0 Å². The quantitative estimate of drug-likeness (QED) is 0.314. The Morgan fingerprint density at radius 2 is 1.70 bits per heavy atom. The van der Waals surface area contributed by atoms with Gasteiger partial charge in [-0.15, -0.1) is 6.58 Å². The second-order valence-electron chi connectivity index (χ2n) is 5.26. The molecule has 0 amide bonds. The number of hydrogen-bond acceptors (Lipinski definition) is 3. The predicted octanol–water partition coefficient (Wildman–Crippen LogP) is 5.16. The molecule has 2 aromatic rings. The lowest BCUT2D eigenvalue weighted by Gasteiger charge is -2.10. The summed E-state index contributed by atoms with van der Waals surface area (Å²) in [7, 11) is 0. The minimum absolute atomic E-state index is 0.274. The molecule has 5 nitrogen and oxygen atoms in total. The molecule has 0 aliphatic carbocycles. The van der Waals surface area contributed by atoms with E-state index in [-0.39, 0.29) is 5.56 Å². The van der Waals surface area contributed by atoms with Crippen molar-refractivity contribution in [3.8, 4) is 17.3 Å². The minimum Gasteiger partial charge on any atom is -0.322 e. The van der Waals surface area contributed by atoms with Gasteiger partial charge in [0.2, 0.25) is 0 Å². The number of halogens is 6. The maximum atomic E-state index is 13.4. The van der Waals surface area contributed by atoms with Crippen molar-refractivity contribution >= 4 is 5.69 Å². The smallest absolute Gasteiger partial charge is 0.322 e. The second-order valence-corrected chi connectivity index (χ2v) is 5.26. The van der Waals surface area contributed by atoms with Crippen LogP contribution in [0.1, 0.15) is 16.8 Å². The van der Waals surface area contributed by atoms with Gasteiger partial charge in [-0.2, -0.15) is 31.6 Å². The Morgan fingerprint density at radius 1 is 1.15 bits per heavy atom. The summed E-state index contributed by atoms with van der Waals surface area (Å²) < 4.78 is 78.9. The highest BCUT2D eigenvalue weighted by molar-refractivity contribution is 5.77. The van der Waals surface area contributed by atoms with Gasteiger partial charge in [-0.3, -0.25) is 10.1 Å². The van der Waals surface area contributed by atoms with Crippen LogP contribution in [0.4, 0.5) is 32.0 Å². The van der Waals surface area contributed by atoms with Gasteiger partial charge in [-0.25, -0.2) is 0 Å². The SMILES string of the molecule is C=CCn1c(C#N)c(C(F)(F)F)c([N+](=O)[O-])c1-c1ccc(C(F)(F)F)cc1. The summed E-state index contributed by atoms with van der Waals surface area (Å²) in [5.74, 6) is 0. The average molecular weight is 389 g/mol. The van der Waals surface area contributed by atoms with Crippen LogP contribution in [0.3, 0.4) is 0 Å². The lowest BCUT2D eigenvalue weighted by molar-refractivity contribution is -0.387. The first kappa shape index (κ1) is 20.0. The number of nitrogens with zero attached hydrogens (tertiary/aromatic N) is 3. The molecule has 1 heterocycles. The minimum atomic E-state index is -5.22. The van der Waals surface area contributed by atoms with Crippen molar-refractivity contribution in [2.45, 2.75) is 18.9 Å². The largest absolute Gasteiger partial charge is 0.425 e. The molecule has 27 heavy (non-hydrogen) atoms. The highest BCUT2D eigenvalue weighted by Crippen LogP contribution is 2.46. The van der Waals surface area contributed by atoms with Crippen molar-refractivity contribution in [2.24, 2.45) is 0 Å². The van der Waals surface area contributed by atoms with E-state index >= 15 is 0 Å². The van der Waals surface area contributed by atoms with Gasteiger partial charge >= 0.3 is 18.0 Å². The van der Waals surface area contributed by atoms with Crippen LogP contribution in [-0.4, -0.2) is 9.49 Å². The molecule has 0 aliphatic rings. The van der Waals surface area contributed by atoms with Crippen LogP contribution in [0, 0.1) is 21.4 Å². The van der Waals surface area contributed by atoms with E-state index in [4.69, 9.17) is 5.26 Å². The van der Waals surface area contributed by atoms with E-state index in [0.717, 1.165) is 18.2 Å². The normalized spacial score (nSPS) is 11.9. The first-order valence-electron chi connectivity index (χ1n) is 7.10. The van der Waals surface area contributed by atoms with Crippen molar-refractivity contribution in [1.82, 2.24) is 4.57 Å². The van der Waals surface area contributed by atoms with E-state index in [9.17, 15) is 36.5 Å². The number of allylic oxidation sites excluding steroid dienone is 1. The number of benzene rings is 1. The molecule has 0 atom stereocenters. The first-order chi connectivity index (χ1) is 12.4. The van der Waals surface area contributed by atoms with Crippen LogP contribution in [0.25, 0.3) is 11.3 Å². The summed E-state index contributed by atoms with van der Waals surface area (Å²) in [5, 5.41) is 20.5. The molecule has 0 saturated heterocycles. The highest BCUT2D eigenvalue weighted by atomic mass is 19.4. The third kappa shape index (κ3) is 3.64. The van der Waals surface area contributed by atoms with Crippen molar-refractivity contribution in [3.05, 3.63) is 63.9 Å². The molecule has 0 unspecified atom stereocenters. The lowest BCUT2D eigenvalue weighted by atomic mass is 10.1. The molecule has 0 bridgehead atoms. The summed E-state index contributed by atoms with van der Waals surface area (Å²) in [6.45, 7) is 2.94. The Hall–Kier alpha value is -3.29. The standard InChI is InChI=1S/C16H9F6N3O2/c1-2-7-24-11(8-23)12(16(20,21)22)14(25(26)27)13(24)9-3-5-10(6-4-9)15(17,18)19/h2-6H,1,7H2. The van der Waals surface area contributed by atoms with Gasteiger partial charge in [-0.05, 0) is 12.1 Å². The second kappa shape index (κ2) is 6.79. The summed E-state index contributed by atoms with van der Waals surface area (Å²) in [6, 6.07) is 4.08. The topological polar surface area (TPSA) is 71.9 Å². The van der Waals surface area contributed by atoms with Gasteiger partial charge in [0, 0.05) is 12.1 Å². The van der Waals surface area contributed by atoms with Gasteiger partial charge in [0.1, 0.15) is 17.5 Å². The summed E-state index contributed by atoms with van der Waals surface area (Å²) in [6.07, 6.45) is -8.80. The van der Waals surface area contributed by atoms with Gasteiger partial charge in [0.05, 0.1) is 10.5 Å². The van der Waals surface area contributed by atoms with Crippen LogP contribution in [0.2, 0.25) is 0 Å². The first-order valence-corrected chi connectivity index (χ1v) is 7.10. The number of aromatic nitrogens is 1. The predicted molar refractivity (Wildman–Crippen MR) is 81.4 cm³/mol. The monoisotopic (exact) mass is 389 g/mol. The molecule has 1 aromatic carbocycles. The fourth-order valence-electron chi connectivity index (χ4n) is 2.59. The molecule has 2 rings (SSSR count). The molecular formula is C16H9F6N3O2. The van der Waals surface area contributed by atoms with E-state index in [0.29, 0.717) is 16.7 Å². The molecule has 0 fully saturated rings. The molecule has 0 saturated carbocycles. The van der Waals surface area contributed by atoms with E-state index in [1.54, 1.807) is 0 Å². The fraction of sp³-hybridized carbons (Fsp3) is 0.188. The third-order valence-corrected chi connectivity index (χ3v) is 3.61. The van der Waals surface area contributed by atoms with E-state index in [2.05, 4.69) is 6.58 Å². The van der Waals surface area contributed by atoms with Gasteiger partial charge in [0.25, 0.3) is 0 Å². The van der Waals surface area contributed by atoms with E-state index in [1.165, 1.54) is 6.07 Å². The number of alkyl halides is 6. The molecule has 142 valence electrons. The average Bonchev–Trinajstić information content (AvgIpc) is 2.89. The van der Waals surface area contributed by atoms with Crippen LogP contribution >= 0.6 is 0 Å². The van der Waals surface area contributed by atoms with E-state index in [1.807, 2.05) is 0 Å². The number of hydrogen-bond donors (Lipinski definition) is 0. The zero-order valence-corrected chi connectivity index (χ0v) is 13.2. The zero-order chi connectivity index (χ0) is 20.6. The maximum Gasteiger partial charge on any atom is 0.425 e. The summed E-state index contributed by atoms with van der Waals surface area (Å²) in [4.78, 5) is 10.0. The zero-order valence-electron chi connectivity index (χ0n) is 13.2. The van der Waals surface area contributed by atoms with Crippen molar-refractivity contribution < 1.29 is 31.3 Å². The third-order valence-electron chi connectivity index (χ3n) is 3.61. The van der Waals surface area contributed by atoms with Crippen LogP contribution in [0.5, 0.6) is 0 Å². The van der Waals surface area contributed by atoms with Gasteiger partial charge in [0.15, 0.2) is 5.56 Å². The maximum absolute atomic E-state index is 13.4. The fourth-order valence-corrected chi connectivity index (χ4v) is 2.59. The molecule has 0 radical (unpaired) electrons. The Labute approximate surface area is 147 Å². The van der Waals surface area contributed by atoms with Crippen LogP contribution in [-0.2, 0) is 18.9 Å². The lowest BCUT2D eigenvalue weighted by Crippen LogP contribution is -2.10. The summed E-state index contributed by atoms with van der Waals surface area (Å²) in [5.41, 5.74) is -6.16. The molecule has 0 spiro atoms. The molecule has 0 N–H and O–H groups in total. The van der Waals surface area contributed by atoms with Gasteiger partial charge in [-0.1, -0.05) is 18.2 Å². The van der Waals surface area contributed by atoms with Crippen molar-refractivity contribution in [1.29, 1.82) is 5.26 Å². The summed E-state index contributed by atoms with van der Waals surface area (Å²) >= 11 is 0. The Morgan fingerprint density at radius 3 is 2.07 bits per heavy atom. The number of rotatable bonds is 4. The molecule has 11 heteroatoms. The highest BCUT2D eigenvalue weighted by Gasteiger charge is 2.47. The Balaban J connectivity index is 2.90. The number of nitriles is 1. The Bertz CT molecular complexity index is 934. The van der Waals surface area contributed by atoms with Crippen molar-refractivity contribution in [2.75, 3.05) is 0 Å². The molecule has 1 aromatic heterocycles. The Kier molecular flexibility index (Phi) is 5.03. The molecule has 0 aliphatic heterocycles. The van der Waals surface area contributed by atoms with Gasteiger partial charge < -0.3 is 4.57 Å². The molecular weight excluding hydrogens is 380 g/mol.